The molecule has 0 aliphatic heterocycles. The summed E-state index contributed by atoms with van der Waals surface area (Å²) in [5.41, 5.74) is 2.50. The SMILES string of the molecule is O=C(c1ccccc1)c1ccccc1N=NC#Cc1ccccc1. The van der Waals surface area contributed by atoms with Crippen molar-refractivity contribution >= 4 is 11.5 Å². The van der Waals surface area contributed by atoms with Gasteiger partial charge in [0.15, 0.2) is 5.78 Å². The van der Waals surface area contributed by atoms with E-state index >= 15 is 0 Å². The van der Waals surface area contributed by atoms with Crippen LogP contribution in [0.4, 0.5) is 5.69 Å². The Kier molecular flexibility index (Phi) is 4.91. The molecule has 0 N–H and O–H groups in total. The van der Waals surface area contributed by atoms with Crippen molar-refractivity contribution in [1.29, 1.82) is 0 Å². The van der Waals surface area contributed by atoms with Crippen LogP contribution in [0.2, 0.25) is 0 Å². The number of hydrogen-bond acceptors (Lipinski definition) is 3. The van der Waals surface area contributed by atoms with Gasteiger partial charge < -0.3 is 0 Å². The number of carbonyl (C=O) groups is 1. The van der Waals surface area contributed by atoms with Crippen LogP contribution in [0.25, 0.3) is 0 Å². The van der Waals surface area contributed by atoms with Gasteiger partial charge in [-0.15, -0.1) is 5.11 Å². The number of azo groups is 1. The van der Waals surface area contributed by atoms with Crippen molar-refractivity contribution in [1.82, 2.24) is 0 Å². The van der Waals surface area contributed by atoms with E-state index in [1.807, 2.05) is 60.7 Å². The number of carbonyl (C=O) groups excluding carboxylic acids is 1. The van der Waals surface area contributed by atoms with E-state index in [0.29, 0.717) is 16.8 Å². The molecule has 0 aromatic heterocycles. The minimum absolute atomic E-state index is 0.0823. The van der Waals surface area contributed by atoms with Gasteiger partial charge in [0.05, 0.1) is 17.3 Å². The molecule has 3 aromatic carbocycles. The molecule has 3 rings (SSSR count). The molecule has 0 bridgehead atoms. The third kappa shape index (κ3) is 3.82. The number of rotatable bonds is 3. The number of ketones is 1. The molecule has 0 spiro atoms. The molecule has 24 heavy (non-hydrogen) atoms. The summed E-state index contributed by atoms with van der Waals surface area (Å²) in [5.74, 6) is 2.82. The van der Waals surface area contributed by atoms with Gasteiger partial charge in [0.2, 0.25) is 0 Å². The molecule has 3 heteroatoms. The van der Waals surface area contributed by atoms with Gasteiger partial charge in [0.25, 0.3) is 0 Å². The van der Waals surface area contributed by atoms with Crippen molar-refractivity contribution in [3.8, 4) is 12.0 Å². The summed E-state index contributed by atoms with van der Waals surface area (Å²) in [7, 11) is 0. The zero-order chi connectivity index (χ0) is 16.6. The quantitative estimate of drug-likeness (QED) is 0.381. The van der Waals surface area contributed by atoms with E-state index in [0.717, 1.165) is 5.56 Å². The average Bonchev–Trinajstić information content (AvgIpc) is 2.66. The van der Waals surface area contributed by atoms with Crippen LogP contribution in [0, 0.1) is 12.0 Å². The molecule has 0 aliphatic carbocycles. The highest BCUT2D eigenvalue weighted by Crippen LogP contribution is 2.22. The van der Waals surface area contributed by atoms with Gasteiger partial charge in [-0.25, -0.2) is 0 Å². The summed E-state index contributed by atoms with van der Waals surface area (Å²) in [6.45, 7) is 0. The van der Waals surface area contributed by atoms with Gasteiger partial charge >= 0.3 is 0 Å². The van der Waals surface area contributed by atoms with Crippen LogP contribution in [0.1, 0.15) is 21.5 Å². The molecule has 0 unspecified atom stereocenters. The molecule has 3 nitrogen and oxygen atoms in total. The van der Waals surface area contributed by atoms with Gasteiger partial charge in [-0.1, -0.05) is 65.8 Å². The Morgan fingerprint density at radius 3 is 2.12 bits per heavy atom. The molecule has 0 fully saturated rings. The highest BCUT2D eigenvalue weighted by molar-refractivity contribution is 6.11. The molecule has 0 aliphatic rings. The Morgan fingerprint density at radius 1 is 0.750 bits per heavy atom. The molecular weight excluding hydrogens is 296 g/mol. The summed E-state index contributed by atoms with van der Waals surface area (Å²) in [4.78, 5) is 12.6. The minimum Gasteiger partial charge on any atom is -0.289 e. The highest BCUT2D eigenvalue weighted by Gasteiger charge is 2.12. The third-order valence-corrected chi connectivity index (χ3v) is 3.37. The predicted octanol–water partition coefficient (Wildman–Crippen LogP) is 5.01. The lowest BCUT2D eigenvalue weighted by atomic mass is 10.0. The molecular formula is C21H14N2O. The van der Waals surface area contributed by atoms with E-state index in [9.17, 15) is 4.79 Å². The fraction of sp³-hybridized carbons (Fsp3) is 0. The summed E-state index contributed by atoms with van der Waals surface area (Å²) in [5, 5.41) is 7.98. The van der Waals surface area contributed by atoms with Crippen LogP contribution in [0.15, 0.2) is 95.2 Å². The van der Waals surface area contributed by atoms with E-state index in [4.69, 9.17) is 0 Å². The van der Waals surface area contributed by atoms with Gasteiger partial charge in [0.1, 0.15) is 0 Å². The smallest absolute Gasteiger partial charge is 0.195 e. The lowest BCUT2D eigenvalue weighted by Gasteiger charge is -2.03. The lowest BCUT2D eigenvalue weighted by molar-refractivity contribution is 0.103. The Hall–Kier alpha value is -3.51. The van der Waals surface area contributed by atoms with E-state index in [1.54, 1.807) is 24.3 Å². The van der Waals surface area contributed by atoms with Crippen LogP contribution in [0.5, 0.6) is 0 Å². The second-order valence-electron chi connectivity index (χ2n) is 5.02. The maximum atomic E-state index is 12.6. The van der Waals surface area contributed by atoms with E-state index in [2.05, 4.69) is 22.2 Å². The Bertz CT molecular complexity index is 920. The molecule has 0 heterocycles. The van der Waals surface area contributed by atoms with E-state index < -0.39 is 0 Å². The van der Waals surface area contributed by atoms with E-state index in [-0.39, 0.29) is 5.78 Å². The van der Waals surface area contributed by atoms with Gasteiger partial charge in [-0.2, -0.15) is 0 Å². The fourth-order valence-corrected chi connectivity index (χ4v) is 2.19. The van der Waals surface area contributed by atoms with Crippen molar-refractivity contribution < 1.29 is 4.79 Å². The largest absolute Gasteiger partial charge is 0.289 e. The molecule has 114 valence electrons. The van der Waals surface area contributed by atoms with Gasteiger partial charge in [-0.3, -0.25) is 4.79 Å². The predicted molar refractivity (Wildman–Crippen MR) is 94.2 cm³/mol. The highest BCUT2D eigenvalue weighted by atomic mass is 16.1. The zero-order valence-corrected chi connectivity index (χ0v) is 12.9. The maximum absolute atomic E-state index is 12.6. The van der Waals surface area contributed by atoms with Gasteiger partial charge in [-0.05, 0) is 30.2 Å². The third-order valence-electron chi connectivity index (χ3n) is 3.37. The van der Waals surface area contributed by atoms with Crippen molar-refractivity contribution in [2.75, 3.05) is 0 Å². The van der Waals surface area contributed by atoms with Crippen LogP contribution in [-0.4, -0.2) is 5.78 Å². The maximum Gasteiger partial charge on any atom is 0.195 e. The first-order valence-corrected chi connectivity index (χ1v) is 7.50. The normalized spacial score (nSPS) is 10.2. The molecule has 3 aromatic rings. The fourth-order valence-electron chi connectivity index (χ4n) is 2.19. The molecule has 0 radical (unpaired) electrons. The molecule has 0 saturated carbocycles. The second-order valence-corrected chi connectivity index (χ2v) is 5.02. The standard InChI is InChI=1S/C21H14N2O/c24-21(18-11-5-2-6-12-18)19-13-7-8-14-20(19)23-22-16-15-17-9-3-1-4-10-17/h1-14H. The first-order chi connectivity index (χ1) is 11.8. The Morgan fingerprint density at radius 2 is 1.38 bits per heavy atom. The summed E-state index contributed by atoms with van der Waals surface area (Å²) in [6.07, 6.45) is 0. The molecule has 0 saturated heterocycles. The molecule has 0 atom stereocenters. The summed E-state index contributed by atoms with van der Waals surface area (Å²) >= 11 is 0. The van der Waals surface area contributed by atoms with Crippen LogP contribution in [-0.2, 0) is 0 Å². The van der Waals surface area contributed by atoms with Crippen molar-refractivity contribution in [2.24, 2.45) is 10.2 Å². The Balaban J connectivity index is 1.84. The first-order valence-electron chi connectivity index (χ1n) is 7.50. The zero-order valence-electron chi connectivity index (χ0n) is 12.9. The first kappa shape index (κ1) is 15.4. The topological polar surface area (TPSA) is 41.8 Å². The molecule has 0 amide bonds. The number of nitrogens with zero attached hydrogens (tertiary/aromatic N) is 2. The summed E-state index contributed by atoms with van der Waals surface area (Å²) in [6, 6.07) is 28.4. The average molecular weight is 310 g/mol. The van der Waals surface area contributed by atoms with E-state index in [1.165, 1.54) is 0 Å². The van der Waals surface area contributed by atoms with Crippen molar-refractivity contribution in [3.63, 3.8) is 0 Å². The Labute approximate surface area is 140 Å². The number of hydrogen-bond donors (Lipinski definition) is 0. The van der Waals surface area contributed by atoms with Crippen molar-refractivity contribution in [3.05, 3.63) is 102 Å². The minimum atomic E-state index is -0.0823. The second kappa shape index (κ2) is 7.66. The van der Waals surface area contributed by atoms with Crippen LogP contribution < -0.4 is 0 Å². The van der Waals surface area contributed by atoms with Crippen molar-refractivity contribution in [2.45, 2.75) is 0 Å². The lowest BCUT2D eigenvalue weighted by Crippen LogP contribution is -2.00. The van der Waals surface area contributed by atoms with Crippen LogP contribution >= 0.6 is 0 Å². The van der Waals surface area contributed by atoms with Crippen LogP contribution in [0.3, 0.4) is 0 Å². The summed E-state index contributed by atoms with van der Waals surface area (Å²) < 4.78 is 0. The number of benzene rings is 3. The van der Waals surface area contributed by atoms with Gasteiger partial charge in [0, 0.05) is 11.1 Å². The monoisotopic (exact) mass is 310 g/mol.